The van der Waals surface area contributed by atoms with Crippen LogP contribution in [0.25, 0.3) is 0 Å². The van der Waals surface area contributed by atoms with Crippen molar-refractivity contribution in [3.8, 4) is 11.5 Å². The smallest absolute Gasteiger partial charge is 0.142 e. The Hall–Kier alpha value is -2.24. The Morgan fingerprint density at radius 3 is 2.57 bits per heavy atom. The van der Waals surface area contributed by atoms with Gasteiger partial charge in [0.25, 0.3) is 0 Å². The maximum Gasteiger partial charge on any atom is 0.142 e. The molecule has 2 N–H and O–H groups in total. The fourth-order valence-corrected chi connectivity index (χ4v) is 3.70. The molecule has 1 fully saturated rings. The first-order valence-corrected chi connectivity index (χ1v) is 10.4. The van der Waals surface area contributed by atoms with Gasteiger partial charge in [-0.2, -0.15) is 0 Å². The molecule has 5 nitrogen and oxygen atoms in total. The van der Waals surface area contributed by atoms with E-state index in [1.807, 2.05) is 37.3 Å². The Bertz CT molecular complexity index is 729. The van der Waals surface area contributed by atoms with Crippen molar-refractivity contribution in [3.05, 3.63) is 54.1 Å². The Kier molecular flexibility index (Phi) is 7.57. The van der Waals surface area contributed by atoms with Crippen molar-refractivity contribution in [1.82, 2.24) is 0 Å². The summed E-state index contributed by atoms with van der Waals surface area (Å²) in [4.78, 5) is 3.80. The van der Waals surface area contributed by atoms with Crippen molar-refractivity contribution in [1.29, 1.82) is 0 Å². The van der Waals surface area contributed by atoms with Crippen LogP contribution in [0.4, 0.5) is 5.69 Å². The van der Waals surface area contributed by atoms with Gasteiger partial charge < -0.3 is 24.4 Å². The van der Waals surface area contributed by atoms with Crippen LogP contribution in [-0.4, -0.2) is 57.1 Å². The lowest BCUT2D eigenvalue weighted by atomic mass is 10.2. The summed E-state index contributed by atoms with van der Waals surface area (Å²) in [7, 11) is 0. The largest absolute Gasteiger partial charge is 0.492 e. The highest BCUT2D eigenvalue weighted by Crippen LogP contribution is 2.27. The van der Waals surface area contributed by atoms with Crippen molar-refractivity contribution in [3.63, 3.8) is 0 Å². The van der Waals surface area contributed by atoms with Crippen LogP contribution in [0.1, 0.15) is 19.4 Å². The van der Waals surface area contributed by atoms with Crippen molar-refractivity contribution in [2.24, 2.45) is 0 Å². The number of aliphatic hydroxyl groups is 1. The van der Waals surface area contributed by atoms with Crippen LogP contribution < -0.4 is 19.3 Å². The fraction of sp³-hybridized carbons (Fsp3) is 0.478. The molecular formula is C23H33N2O3+. The number of benzene rings is 2. The van der Waals surface area contributed by atoms with Crippen LogP contribution in [0.2, 0.25) is 0 Å². The average Bonchev–Trinajstić information content (AvgIpc) is 2.74. The minimum Gasteiger partial charge on any atom is -0.492 e. The van der Waals surface area contributed by atoms with E-state index >= 15 is 0 Å². The Morgan fingerprint density at radius 1 is 1.04 bits per heavy atom. The maximum atomic E-state index is 10.4. The molecule has 0 spiro atoms. The first-order valence-electron chi connectivity index (χ1n) is 10.4. The second-order valence-corrected chi connectivity index (χ2v) is 7.31. The molecule has 1 heterocycles. The maximum absolute atomic E-state index is 10.4. The number of nitrogens with zero attached hydrogens (tertiary/aromatic N) is 1. The summed E-state index contributed by atoms with van der Waals surface area (Å²) in [6.07, 6.45) is 0.531. The molecule has 0 unspecified atom stereocenters. The highest BCUT2D eigenvalue weighted by molar-refractivity contribution is 5.58. The van der Waals surface area contributed by atoms with Gasteiger partial charge in [0.2, 0.25) is 0 Å². The summed E-state index contributed by atoms with van der Waals surface area (Å²) in [5, 5.41) is 10.4. The predicted molar refractivity (Wildman–Crippen MR) is 113 cm³/mol. The minimum atomic E-state index is -0.456. The minimum absolute atomic E-state index is 0.341. The van der Waals surface area contributed by atoms with Crippen LogP contribution in [0, 0.1) is 0 Å². The summed E-state index contributed by atoms with van der Waals surface area (Å²) in [5.41, 5.74) is 2.42. The molecule has 1 aliphatic heterocycles. The molecule has 1 aliphatic rings. The molecule has 0 aromatic heterocycles. The van der Waals surface area contributed by atoms with Crippen LogP contribution in [0.15, 0.2) is 48.5 Å². The van der Waals surface area contributed by atoms with Crippen molar-refractivity contribution >= 4 is 5.69 Å². The molecule has 0 saturated carbocycles. The van der Waals surface area contributed by atoms with Crippen molar-refractivity contribution in [2.75, 3.05) is 50.8 Å². The number of piperazine rings is 1. The molecule has 1 saturated heterocycles. The lowest BCUT2D eigenvalue weighted by molar-refractivity contribution is -0.903. The number of nitrogens with one attached hydrogen (secondary N) is 1. The van der Waals surface area contributed by atoms with Crippen LogP contribution in [0.3, 0.4) is 0 Å². The molecule has 5 heteroatoms. The van der Waals surface area contributed by atoms with Gasteiger partial charge in [0, 0.05) is 0 Å². The summed E-state index contributed by atoms with van der Waals surface area (Å²) < 4.78 is 11.6. The Balaban J connectivity index is 1.45. The van der Waals surface area contributed by atoms with Gasteiger partial charge in [-0.25, -0.2) is 0 Å². The highest BCUT2D eigenvalue weighted by Gasteiger charge is 2.24. The predicted octanol–water partition coefficient (Wildman–Crippen LogP) is 1.79. The van der Waals surface area contributed by atoms with Crippen LogP contribution in [-0.2, 0) is 6.42 Å². The number of aryl methyl sites for hydroxylation is 1. The van der Waals surface area contributed by atoms with E-state index in [9.17, 15) is 5.11 Å². The summed E-state index contributed by atoms with van der Waals surface area (Å²) >= 11 is 0. The van der Waals surface area contributed by atoms with E-state index in [4.69, 9.17) is 9.47 Å². The van der Waals surface area contributed by atoms with E-state index in [1.165, 1.54) is 16.2 Å². The molecule has 0 aliphatic carbocycles. The molecule has 0 bridgehead atoms. The molecule has 2 aromatic carbocycles. The van der Waals surface area contributed by atoms with E-state index < -0.39 is 6.10 Å². The van der Waals surface area contributed by atoms with Gasteiger partial charge >= 0.3 is 0 Å². The van der Waals surface area contributed by atoms with Crippen molar-refractivity contribution < 1.29 is 19.5 Å². The molecule has 3 rings (SSSR count). The zero-order valence-corrected chi connectivity index (χ0v) is 17.1. The number of aliphatic hydroxyl groups excluding tert-OH is 1. The third-order valence-electron chi connectivity index (χ3n) is 5.25. The lowest BCUT2D eigenvalue weighted by Gasteiger charge is -2.35. The van der Waals surface area contributed by atoms with Gasteiger partial charge in [-0.3, -0.25) is 0 Å². The molecular weight excluding hydrogens is 352 g/mol. The first kappa shape index (κ1) is 20.5. The van der Waals surface area contributed by atoms with Crippen LogP contribution in [0.5, 0.6) is 11.5 Å². The summed E-state index contributed by atoms with van der Waals surface area (Å²) in [6.45, 7) is 9.81. The fourth-order valence-electron chi connectivity index (χ4n) is 3.70. The molecule has 28 heavy (non-hydrogen) atoms. The number of para-hydroxylation sites is 2. The zero-order valence-electron chi connectivity index (χ0n) is 17.1. The second kappa shape index (κ2) is 10.3. The molecule has 0 amide bonds. The quantitative estimate of drug-likeness (QED) is 0.691. The van der Waals surface area contributed by atoms with E-state index in [0.717, 1.165) is 44.1 Å². The van der Waals surface area contributed by atoms with Gasteiger partial charge in [0.1, 0.15) is 30.8 Å². The highest BCUT2D eigenvalue weighted by atomic mass is 16.5. The lowest BCUT2D eigenvalue weighted by Crippen LogP contribution is -3.16. The van der Waals surface area contributed by atoms with Gasteiger partial charge in [-0.05, 0) is 43.2 Å². The van der Waals surface area contributed by atoms with Gasteiger partial charge in [-0.1, -0.05) is 31.2 Å². The second-order valence-electron chi connectivity index (χ2n) is 7.31. The van der Waals surface area contributed by atoms with Crippen molar-refractivity contribution in [2.45, 2.75) is 26.4 Å². The molecule has 0 radical (unpaired) electrons. The number of anilines is 1. The average molecular weight is 386 g/mol. The van der Waals surface area contributed by atoms with Gasteiger partial charge in [-0.15, -0.1) is 0 Å². The SMILES string of the molecule is CCOc1ccccc1N1CC[NH+](C[C@@H](O)COc2cccc(CC)c2)CC1. The number of ether oxygens (including phenoxy) is 2. The standard InChI is InChI=1S/C23H32N2O3/c1-3-19-8-7-9-21(16-19)28-18-20(26)17-24-12-14-25(15-13-24)22-10-5-6-11-23(22)27-4-2/h5-11,16,20,26H,3-4,12-15,17-18H2,1-2H3/p+1/t20-/m1/s1. The molecule has 152 valence electrons. The van der Waals surface area contributed by atoms with E-state index in [1.54, 1.807) is 0 Å². The van der Waals surface area contributed by atoms with Crippen LogP contribution >= 0.6 is 0 Å². The number of rotatable bonds is 9. The topological polar surface area (TPSA) is 46.4 Å². The van der Waals surface area contributed by atoms with E-state index in [-0.39, 0.29) is 0 Å². The summed E-state index contributed by atoms with van der Waals surface area (Å²) in [6, 6.07) is 16.3. The van der Waals surface area contributed by atoms with E-state index in [2.05, 4.69) is 30.0 Å². The molecule has 1 atom stereocenters. The molecule has 2 aromatic rings. The number of hydrogen-bond acceptors (Lipinski definition) is 4. The number of quaternary nitrogens is 1. The van der Waals surface area contributed by atoms with Gasteiger partial charge in [0.05, 0.1) is 38.5 Å². The third-order valence-corrected chi connectivity index (χ3v) is 5.25. The normalized spacial score (nSPS) is 16.0. The first-order chi connectivity index (χ1) is 13.7. The Labute approximate surface area is 168 Å². The number of hydrogen-bond donors (Lipinski definition) is 2. The monoisotopic (exact) mass is 385 g/mol. The van der Waals surface area contributed by atoms with Gasteiger partial charge in [0.15, 0.2) is 0 Å². The van der Waals surface area contributed by atoms with E-state index in [0.29, 0.717) is 19.8 Å². The zero-order chi connectivity index (χ0) is 19.8. The third kappa shape index (κ3) is 5.63. The summed E-state index contributed by atoms with van der Waals surface area (Å²) in [5.74, 6) is 1.79. The Morgan fingerprint density at radius 2 is 1.82 bits per heavy atom.